The van der Waals surface area contributed by atoms with Gasteiger partial charge in [-0.05, 0) is 25.3 Å². The summed E-state index contributed by atoms with van der Waals surface area (Å²) in [4.78, 5) is 8.91. The summed E-state index contributed by atoms with van der Waals surface area (Å²) in [6, 6.07) is 2.00. The summed E-state index contributed by atoms with van der Waals surface area (Å²) in [6.07, 6.45) is 6.34. The normalized spacial score (nSPS) is 18.1. The van der Waals surface area contributed by atoms with Crippen LogP contribution in [0.4, 0.5) is 0 Å². The van der Waals surface area contributed by atoms with Gasteiger partial charge in [0.05, 0.1) is 0 Å². The zero-order valence-corrected chi connectivity index (χ0v) is 8.66. The Morgan fingerprint density at radius 3 is 2.86 bits per heavy atom. The molecule has 3 heteroatoms. The second-order valence-electron chi connectivity index (χ2n) is 4.11. The first kappa shape index (κ1) is 9.59. The monoisotopic (exact) mass is 191 g/mol. The van der Waals surface area contributed by atoms with Crippen LogP contribution in [0.5, 0.6) is 0 Å². The van der Waals surface area contributed by atoms with Gasteiger partial charge in [-0.1, -0.05) is 13.3 Å². The Hall–Kier alpha value is -0.960. The SMILES string of the molecule is CCCc1ccnc(C2(CN)CC2)n1. The number of nitrogens with zero attached hydrogens (tertiary/aromatic N) is 2. The van der Waals surface area contributed by atoms with E-state index in [9.17, 15) is 0 Å². The molecule has 2 rings (SSSR count). The van der Waals surface area contributed by atoms with Crippen LogP contribution < -0.4 is 5.73 Å². The van der Waals surface area contributed by atoms with Gasteiger partial charge < -0.3 is 5.73 Å². The summed E-state index contributed by atoms with van der Waals surface area (Å²) in [5, 5.41) is 0. The molecule has 0 aliphatic heterocycles. The van der Waals surface area contributed by atoms with Crippen LogP contribution in [0.2, 0.25) is 0 Å². The van der Waals surface area contributed by atoms with E-state index in [0.29, 0.717) is 6.54 Å². The van der Waals surface area contributed by atoms with Crippen LogP contribution in [0, 0.1) is 0 Å². The van der Waals surface area contributed by atoms with Crippen molar-refractivity contribution in [1.82, 2.24) is 9.97 Å². The van der Waals surface area contributed by atoms with Crippen LogP contribution >= 0.6 is 0 Å². The van der Waals surface area contributed by atoms with E-state index >= 15 is 0 Å². The first-order chi connectivity index (χ1) is 6.80. The number of rotatable bonds is 4. The predicted octanol–water partition coefficient (Wildman–Crippen LogP) is 1.42. The van der Waals surface area contributed by atoms with E-state index in [4.69, 9.17) is 5.73 Å². The smallest absolute Gasteiger partial charge is 0.135 e. The molecular weight excluding hydrogens is 174 g/mol. The fourth-order valence-electron chi connectivity index (χ4n) is 1.72. The lowest BCUT2D eigenvalue weighted by molar-refractivity contribution is 0.639. The maximum Gasteiger partial charge on any atom is 0.135 e. The molecular formula is C11H17N3. The number of hydrogen-bond acceptors (Lipinski definition) is 3. The fraction of sp³-hybridized carbons (Fsp3) is 0.636. The van der Waals surface area contributed by atoms with Gasteiger partial charge in [-0.3, -0.25) is 0 Å². The van der Waals surface area contributed by atoms with Crippen LogP contribution in [-0.4, -0.2) is 16.5 Å². The molecule has 76 valence electrons. The van der Waals surface area contributed by atoms with Crippen LogP contribution in [-0.2, 0) is 11.8 Å². The van der Waals surface area contributed by atoms with E-state index in [1.165, 1.54) is 0 Å². The maximum absolute atomic E-state index is 5.74. The van der Waals surface area contributed by atoms with Crippen molar-refractivity contribution in [1.29, 1.82) is 0 Å². The molecule has 1 heterocycles. The van der Waals surface area contributed by atoms with Crippen molar-refractivity contribution in [2.24, 2.45) is 5.73 Å². The van der Waals surface area contributed by atoms with Crippen molar-refractivity contribution < 1.29 is 0 Å². The standard InChI is InChI=1S/C11H17N3/c1-2-3-9-4-7-13-10(14-9)11(8-12)5-6-11/h4,7H,2-3,5-6,8,12H2,1H3. The second-order valence-corrected chi connectivity index (χ2v) is 4.11. The lowest BCUT2D eigenvalue weighted by atomic mass is 10.1. The topological polar surface area (TPSA) is 51.8 Å². The highest BCUT2D eigenvalue weighted by molar-refractivity contribution is 5.20. The van der Waals surface area contributed by atoms with Gasteiger partial charge in [-0.25, -0.2) is 9.97 Å². The van der Waals surface area contributed by atoms with Gasteiger partial charge in [0.1, 0.15) is 5.82 Å². The highest BCUT2D eigenvalue weighted by Gasteiger charge is 2.45. The molecule has 1 aromatic rings. The van der Waals surface area contributed by atoms with Crippen molar-refractivity contribution in [3.63, 3.8) is 0 Å². The van der Waals surface area contributed by atoms with E-state index in [0.717, 1.165) is 37.2 Å². The number of nitrogens with two attached hydrogens (primary N) is 1. The van der Waals surface area contributed by atoms with Gasteiger partial charge in [0.25, 0.3) is 0 Å². The minimum absolute atomic E-state index is 0.129. The van der Waals surface area contributed by atoms with Gasteiger partial charge >= 0.3 is 0 Å². The maximum atomic E-state index is 5.74. The van der Waals surface area contributed by atoms with Gasteiger partial charge in [-0.15, -0.1) is 0 Å². The number of hydrogen-bond donors (Lipinski definition) is 1. The molecule has 3 nitrogen and oxygen atoms in total. The Labute approximate surface area is 84.8 Å². The third-order valence-electron chi connectivity index (χ3n) is 2.94. The second kappa shape index (κ2) is 3.65. The summed E-state index contributed by atoms with van der Waals surface area (Å²) in [7, 11) is 0. The fourth-order valence-corrected chi connectivity index (χ4v) is 1.72. The summed E-state index contributed by atoms with van der Waals surface area (Å²) in [5.41, 5.74) is 7.02. The Balaban J connectivity index is 2.22. The molecule has 1 aromatic heterocycles. The van der Waals surface area contributed by atoms with E-state index in [-0.39, 0.29) is 5.41 Å². The molecule has 2 N–H and O–H groups in total. The molecule has 1 aliphatic rings. The van der Waals surface area contributed by atoms with Crippen molar-refractivity contribution in [3.05, 3.63) is 23.8 Å². The lowest BCUT2D eigenvalue weighted by Gasteiger charge is -2.10. The van der Waals surface area contributed by atoms with Crippen molar-refractivity contribution in [2.75, 3.05) is 6.54 Å². The Bertz CT molecular complexity index is 318. The molecule has 0 radical (unpaired) electrons. The summed E-state index contributed by atoms with van der Waals surface area (Å²) in [5.74, 6) is 0.964. The van der Waals surface area contributed by atoms with Gasteiger partial charge in [0, 0.05) is 23.9 Å². The molecule has 0 saturated heterocycles. The first-order valence-corrected chi connectivity index (χ1v) is 5.33. The van der Waals surface area contributed by atoms with E-state index in [2.05, 4.69) is 16.9 Å². The van der Waals surface area contributed by atoms with Crippen molar-refractivity contribution in [3.8, 4) is 0 Å². The molecule has 0 aromatic carbocycles. The Morgan fingerprint density at radius 2 is 2.29 bits per heavy atom. The van der Waals surface area contributed by atoms with E-state index in [1.807, 2.05) is 12.3 Å². The average Bonchev–Trinajstić information content (AvgIpc) is 2.99. The largest absolute Gasteiger partial charge is 0.329 e. The zero-order valence-electron chi connectivity index (χ0n) is 8.66. The van der Waals surface area contributed by atoms with Gasteiger partial charge in [0.2, 0.25) is 0 Å². The molecule has 0 atom stereocenters. The summed E-state index contributed by atoms with van der Waals surface area (Å²) >= 11 is 0. The third kappa shape index (κ3) is 1.64. The number of aryl methyl sites for hydroxylation is 1. The van der Waals surface area contributed by atoms with E-state index in [1.54, 1.807) is 0 Å². The van der Waals surface area contributed by atoms with Crippen LogP contribution in [0.3, 0.4) is 0 Å². The quantitative estimate of drug-likeness (QED) is 0.783. The van der Waals surface area contributed by atoms with Crippen LogP contribution in [0.15, 0.2) is 12.3 Å². The molecule has 0 amide bonds. The molecule has 0 unspecified atom stereocenters. The molecule has 0 bridgehead atoms. The minimum Gasteiger partial charge on any atom is -0.329 e. The molecule has 1 saturated carbocycles. The minimum atomic E-state index is 0.129. The zero-order chi connectivity index (χ0) is 10.0. The molecule has 1 aliphatic carbocycles. The first-order valence-electron chi connectivity index (χ1n) is 5.33. The van der Waals surface area contributed by atoms with E-state index < -0.39 is 0 Å². The van der Waals surface area contributed by atoms with Crippen LogP contribution in [0.1, 0.15) is 37.7 Å². The summed E-state index contributed by atoms with van der Waals surface area (Å²) < 4.78 is 0. The van der Waals surface area contributed by atoms with Gasteiger partial charge in [-0.2, -0.15) is 0 Å². The number of aromatic nitrogens is 2. The lowest BCUT2D eigenvalue weighted by Crippen LogP contribution is -2.22. The Kier molecular flexibility index (Phi) is 2.50. The molecule has 1 fully saturated rings. The highest BCUT2D eigenvalue weighted by atomic mass is 14.9. The third-order valence-corrected chi connectivity index (χ3v) is 2.94. The van der Waals surface area contributed by atoms with Crippen molar-refractivity contribution in [2.45, 2.75) is 38.0 Å². The highest BCUT2D eigenvalue weighted by Crippen LogP contribution is 2.45. The molecule has 0 spiro atoms. The Morgan fingerprint density at radius 1 is 1.50 bits per heavy atom. The predicted molar refractivity (Wildman–Crippen MR) is 56.0 cm³/mol. The van der Waals surface area contributed by atoms with Gasteiger partial charge in [0.15, 0.2) is 0 Å². The summed E-state index contributed by atoms with van der Waals surface area (Å²) in [6.45, 7) is 2.85. The van der Waals surface area contributed by atoms with Crippen LogP contribution in [0.25, 0.3) is 0 Å². The van der Waals surface area contributed by atoms with Crippen molar-refractivity contribution >= 4 is 0 Å². The molecule has 14 heavy (non-hydrogen) atoms. The average molecular weight is 191 g/mol.